The molecule has 3 heterocycles. The van der Waals surface area contributed by atoms with Crippen LogP contribution in [0.3, 0.4) is 0 Å². The minimum atomic E-state index is -0.360. The third-order valence-corrected chi connectivity index (χ3v) is 9.35. The number of piperazine rings is 2. The topological polar surface area (TPSA) is 228 Å². The van der Waals surface area contributed by atoms with Crippen LogP contribution in [-0.2, 0) is 27.2 Å². The van der Waals surface area contributed by atoms with E-state index in [0.29, 0.717) is 103 Å². The monoisotopic (exact) mass is 707 g/mol. The molecule has 0 bridgehead atoms. The van der Waals surface area contributed by atoms with Gasteiger partial charge in [0, 0.05) is 77.7 Å². The smallest absolute Gasteiger partial charge is 0.410 e. The minimum Gasteiger partial charge on any atom is -0.446 e. The molecule has 0 spiro atoms. The highest BCUT2D eigenvalue weighted by Crippen LogP contribution is 2.24. The molecule has 5 rings (SSSR count). The number of nitrogen functional groups attached to an aromatic ring is 1. The van der Waals surface area contributed by atoms with Crippen LogP contribution in [0.4, 0.5) is 26.0 Å². The number of hydrogen-bond donors (Lipinski definition) is 4. The highest BCUT2D eigenvalue weighted by atomic mass is 16.6. The molecule has 0 atom stereocenters. The number of rotatable bonds is 8. The summed E-state index contributed by atoms with van der Waals surface area (Å²) in [5, 5.41) is 2.91. The van der Waals surface area contributed by atoms with Gasteiger partial charge in [0.05, 0.1) is 5.69 Å². The Morgan fingerprint density at radius 2 is 1.22 bits per heavy atom. The molecule has 2 aromatic rings. The zero-order valence-electron chi connectivity index (χ0n) is 29.0. The molecule has 276 valence electrons. The van der Waals surface area contributed by atoms with Crippen LogP contribution in [0.15, 0.2) is 41.7 Å². The first-order chi connectivity index (χ1) is 24.6. The average molecular weight is 708 g/mol. The quantitative estimate of drug-likeness (QED) is 0.229. The maximum atomic E-state index is 13.0. The number of benzene rings is 1. The molecule has 0 radical (unpaired) electrons. The summed E-state index contributed by atoms with van der Waals surface area (Å²) < 4.78 is 11.7. The molecule has 5 amide bonds. The number of nitrogens with one attached hydrogen (secondary N) is 1. The van der Waals surface area contributed by atoms with Crippen molar-refractivity contribution in [3.8, 4) is 0 Å². The van der Waals surface area contributed by atoms with Crippen molar-refractivity contribution in [1.82, 2.24) is 34.9 Å². The predicted molar refractivity (Wildman–Crippen MR) is 188 cm³/mol. The van der Waals surface area contributed by atoms with E-state index < -0.39 is 0 Å². The van der Waals surface area contributed by atoms with E-state index in [9.17, 15) is 19.2 Å². The van der Waals surface area contributed by atoms with Crippen molar-refractivity contribution in [2.75, 3.05) is 58.1 Å². The van der Waals surface area contributed by atoms with Gasteiger partial charge in [0.1, 0.15) is 12.2 Å². The summed E-state index contributed by atoms with van der Waals surface area (Å²) >= 11 is 0. The summed E-state index contributed by atoms with van der Waals surface area (Å²) in [6, 6.07) is 7.04. The molecule has 3 fully saturated rings. The van der Waals surface area contributed by atoms with Gasteiger partial charge in [0.15, 0.2) is 5.96 Å². The minimum absolute atomic E-state index is 0.0174. The van der Waals surface area contributed by atoms with Gasteiger partial charge >= 0.3 is 18.2 Å². The first-order valence-electron chi connectivity index (χ1n) is 17.6. The Hall–Kier alpha value is -5.35. The molecule has 17 nitrogen and oxygen atoms in total. The van der Waals surface area contributed by atoms with Crippen LogP contribution in [0.5, 0.6) is 0 Å². The van der Waals surface area contributed by atoms with Crippen molar-refractivity contribution in [2.24, 2.45) is 16.5 Å². The van der Waals surface area contributed by atoms with Crippen molar-refractivity contribution in [3.05, 3.63) is 47.8 Å². The van der Waals surface area contributed by atoms with Gasteiger partial charge in [-0.2, -0.15) is 0 Å². The first kappa shape index (κ1) is 36.9. The fourth-order valence-electron chi connectivity index (χ4n) is 6.37. The van der Waals surface area contributed by atoms with Gasteiger partial charge in [-0.1, -0.05) is 12.1 Å². The Labute approximate surface area is 297 Å². The third kappa shape index (κ3) is 11.3. The Morgan fingerprint density at radius 1 is 0.725 bits per heavy atom. The highest BCUT2D eigenvalue weighted by Gasteiger charge is 2.30. The van der Waals surface area contributed by atoms with Crippen molar-refractivity contribution >= 4 is 41.7 Å². The van der Waals surface area contributed by atoms with Crippen LogP contribution >= 0.6 is 0 Å². The molecule has 7 N–H and O–H groups in total. The van der Waals surface area contributed by atoms with Gasteiger partial charge in [-0.05, 0) is 68.2 Å². The Balaban J connectivity index is 0.940. The van der Waals surface area contributed by atoms with Crippen LogP contribution in [-0.4, -0.2) is 124 Å². The van der Waals surface area contributed by atoms with Crippen molar-refractivity contribution < 1.29 is 28.7 Å². The number of guanidine groups is 1. The maximum absolute atomic E-state index is 13.0. The zero-order valence-corrected chi connectivity index (χ0v) is 29.0. The Morgan fingerprint density at radius 3 is 1.73 bits per heavy atom. The lowest BCUT2D eigenvalue weighted by molar-refractivity contribution is -0.132. The molecule has 2 saturated heterocycles. The summed E-state index contributed by atoms with van der Waals surface area (Å²) in [5.74, 6) is 0.213. The molecular formula is C34H49N11O6. The summed E-state index contributed by atoms with van der Waals surface area (Å²) in [7, 11) is 0. The summed E-state index contributed by atoms with van der Waals surface area (Å²) in [6.07, 6.45) is 7.33. The number of carbonyl (C=O) groups is 4. The maximum Gasteiger partial charge on any atom is 0.410 e. The number of nitrogens with zero attached hydrogens (tertiary/aromatic N) is 7. The second-order valence-electron chi connectivity index (χ2n) is 13.0. The van der Waals surface area contributed by atoms with Crippen LogP contribution in [0.1, 0.15) is 56.1 Å². The van der Waals surface area contributed by atoms with E-state index in [2.05, 4.69) is 20.3 Å². The Kier molecular flexibility index (Phi) is 13.1. The van der Waals surface area contributed by atoms with Gasteiger partial charge < -0.3 is 51.6 Å². The molecule has 17 heteroatoms. The van der Waals surface area contributed by atoms with Crippen LogP contribution in [0, 0.1) is 0 Å². The number of hydrogen-bond acceptors (Lipinski definition) is 10. The second kappa shape index (κ2) is 18.1. The lowest BCUT2D eigenvalue weighted by atomic mass is 9.96. The van der Waals surface area contributed by atoms with Crippen molar-refractivity contribution in [2.45, 2.75) is 70.1 Å². The number of carbonyl (C=O) groups excluding carboxylic acids is 4. The van der Waals surface area contributed by atoms with Crippen LogP contribution < -0.4 is 22.5 Å². The van der Waals surface area contributed by atoms with Crippen LogP contribution in [0.25, 0.3) is 0 Å². The van der Waals surface area contributed by atoms with Gasteiger partial charge in [-0.3, -0.25) is 4.79 Å². The number of urea groups is 1. The number of anilines is 1. The van der Waals surface area contributed by atoms with Crippen LogP contribution in [0.2, 0.25) is 0 Å². The van der Waals surface area contributed by atoms with E-state index in [4.69, 9.17) is 26.7 Å². The second-order valence-corrected chi connectivity index (χ2v) is 13.0. The van der Waals surface area contributed by atoms with E-state index in [0.717, 1.165) is 24.0 Å². The van der Waals surface area contributed by atoms with Gasteiger partial charge in [0.25, 0.3) is 0 Å². The fraction of sp³-hybridized carbons (Fsp3) is 0.559. The lowest BCUT2D eigenvalue weighted by Crippen LogP contribution is -2.53. The molecule has 2 aliphatic heterocycles. The van der Waals surface area contributed by atoms with Gasteiger partial charge in [-0.25, -0.2) is 29.3 Å². The van der Waals surface area contributed by atoms with E-state index in [1.165, 1.54) is 0 Å². The van der Waals surface area contributed by atoms with Crippen molar-refractivity contribution in [3.63, 3.8) is 0 Å². The number of amides is 5. The van der Waals surface area contributed by atoms with Gasteiger partial charge in [-0.15, -0.1) is 0 Å². The standard InChI is InChI=1S/C34H49N11O6/c35-30(36)41-26-10-7-24(8-11-26)21-40-32(47)43-15-19-45(20-16-43)34(49)51-28-5-1-3-27(4-2-6-28)50-33(48)44-17-13-42(14-18-44)29(46)12-9-25-22-38-31(37)39-23-25/h7-8,10-11,22-23,27-28H,1-6,9,12-21H2,(H,40,47)(H4,35,36,41)(H2,37,38,39). The Bertz CT molecular complexity index is 1490. The largest absolute Gasteiger partial charge is 0.446 e. The van der Waals surface area contributed by atoms with E-state index in [-0.39, 0.29) is 48.2 Å². The molecule has 51 heavy (non-hydrogen) atoms. The first-order valence-corrected chi connectivity index (χ1v) is 17.6. The zero-order chi connectivity index (χ0) is 36.2. The fourth-order valence-corrected chi connectivity index (χ4v) is 6.37. The summed E-state index contributed by atoms with van der Waals surface area (Å²) in [6.45, 7) is 3.75. The average Bonchev–Trinajstić information content (AvgIpc) is 3.12. The molecule has 1 saturated carbocycles. The lowest BCUT2D eigenvalue weighted by Gasteiger charge is -2.36. The van der Waals surface area contributed by atoms with E-state index >= 15 is 0 Å². The number of aromatic nitrogens is 2. The predicted octanol–water partition coefficient (Wildman–Crippen LogP) is 1.93. The molecule has 1 aromatic carbocycles. The van der Waals surface area contributed by atoms with E-state index in [1.54, 1.807) is 44.1 Å². The summed E-state index contributed by atoms with van der Waals surface area (Å²) in [5.41, 5.74) is 18.7. The number of nitrogens with two attached hydrogens (primary N) is 3. The highest BCUT2D eigenvalue weighted by molar-refractivity contribution is 5.79. The number of ether oxygens (including phenoxy) is 2. The molecular weight excluding hydrogens is 658 g/mol. The van der Waals surface area contributed by atoms with Gasteiger partial charge in [0.2, 0.25) is 11.9 Å². The summed E-state index contributed by atoms with van der Waals surface area (Å²) in [4.78, 5) is 70.0. The normalized spacial score (nSPS) is 19.7. The van der Waals surface area contributed by atoms with E-state index in [1.807, 2.05) is 12.1 Å². The molecule has 1 aromatic heterocycles. The number of aliphatic imine (C=N–C) groups is 1. The van der Waals surface area contributed by atoms with Crippen molar-refractivity contribution in [1.29, 1.82) is 0 Å². The number of aryl methyl sites for hydroxylation is 1. The molecule has 0 unspecified atom stereocenters. The molecule has 1 aliphatic carbocycles. The SMILES string of the molecule is NC(N)=Nc1ccc(CNC(=O)N2CCN(C(=O)OC3CCCC(OC(=O)N4CCN(C(=O)CCc5cnc(N)nc5)CC4)CCC3)CC2)cc1. The third-order valence-electron chi connectivity index (χ3n) is 9.35. The molecule has 3 aliphatic rings.